The minimum absolute atomic E-state index is 0.0259. The molecule has 0 amide bonds. The number of carboxylic acids is 1. The molecule has 0 saturated carbocycles. The molecule has 2 aliphatic heterocycles. The molecule has 174 valence electrons. The van der Waals surface area contributed by atoms with Crippen molar-refractivity contribution in [3.05, 3.63) is 35.9 Å². The predicted octanol–water partition coefficient (Wildman–Crippen LogP) is -3.08. The van der Waals surface area contributed by atoms with Crippen LogP contribution >= 0.6 is 0 Å². The maximum Gasteiger partial charge on any atom is 0.335 e. The molecule has 1 aromatic carbocycles. The average Bonchev–Trinajstić information content (AvgIpc) is 2.76. The molecule has 1 aromatic rings. The Morgan fingerprint density at radius 2 is 1.55 bits per heavy atom. The van der Waals surface area contributed by atoms with Gasteiger partial charge in [-0.15, -0.1) is 0 Å². The van der Waals surface area contributed by atoms with Crippen molar-refractivity contribution in [3.63, 3.8) is 0 Å². The molecule has 0 bridgehead atoms. The number of benzene rings is 1. The molecular weight excluding hydrogens is 420 g/mol. The Labute approximate surface area is 176 Å². The highest BCUT2D eigenvalue weighted by Crippen LogP contribution is 2.30. The summed E-state index contributed by atoms with van der Waals surface area (Å²) >= 11 is 0. The van der Waals surface area contributed by atoms with Gasteiger partial charge in [-0.3, -0.25) is 0 Å². The van der Waals surface area contributed by atoms with Gasteiger partial charge in [0.1, 0.15) is 42.7 Å². The second-order valence-electron chi connectivity index (χ2n) is 7.34. The standard InChI is InChI=1S/C19H26O12/c20-6-9-10(21)15(14(25)18(29-9)28-7-8-4-2-1-3-5-8)30-19-13(24)11(22)12(23)16(31-19)17(26)27/h1-5,9-16,18-25H,6-7H2,(H,26,27)/t9-,10-,11+,12+,13-,14-,15-,16+,18+,19+/m0/s1. The van der Waals surface area contributed by atoms with Crippen LogP contribution in [0.4, 0.5) is 0 Å². The lowest BCUT2D eigenvalue weighted by Gasteiger charge is -2.45. The summed E-state index contributed by atoms with van der Waals surface area (Å²) in [6.45, 7) is -0.635. The van der Waals surface area contributed by atoms with Crippen molar-refractivity contribution in [2.45, 2.75) is 68.0 Å². The fraction of sp³-hybridized carbons (Fsp3) is 0.632. The number of hydrogen-bond acceptors (Lipinski definition) is 11. The Kier molecular flexibility index (Phi) is 7.93. The van der Waals surface area contributed by atoms with Gasteiger partial charge in [0.2, 0.25) is 0 Å². The molecule has 12 heteroatoms. The molecule has 0 spiro atoms. The van der Waals surface area contributed by atoms with Gasteiger partial charge in [-0.25, -0.2) is 4.79 Å². The van der Waals surface area contributed by atoms with Gasteiger partial charge < -0.3 is 54.7 Å². The van der Waals surface area contributed by atoms with Crippen molar-refractivity contribution >= 4 is 5.97 Å². The van der Waals surface area contributed by atoms with E-state index in [0.717, 1.165) is 5.56 Å². The van der Waals surface area contributed by atoms with Gasteiger partial charge in [0, 0.05) is 0 Å². The normalized spacial score (nSPS) is 41.1. The van der Waals surface area contributed by atoms with Gasteiger partial charge >= 0.3 is 5.97 Å². The van der Waals surface area contributed by atoms with Gasteiger partial charge in [0.05, 0.1) is 13.2 Å². The molecule has 7 N–H and O–H groups in total. The van der Waals surface area contributed by atoms with Crippen LogP contribution in [0.5, 0.6) is 0 Å². The molecule has 3 rings (SSSR count). The molecule has 0 radical (unpaired) electrons. The van der Waals surface area contributed by atoms with E-state index in [1.54, 1.807) is 24.3 Å². The maximum atomic E-state index is 11.2. The first-order valence-electron chi connectivity index (χ1n) is 9.60. The zero-order valence-electron chi connectivity index (χ0n) is 16.2. The van der Waals surface area contributed by atoms with E-state index >= 15 is 0 Å². The Hall–Kier alpha value is -1.71. The number of carbonyl (C=O) groups is 1. The van der Waals surface area contributed by atoms with Crippen LogP contribution in [0.3, 0.4) is 0 Å². The number of ether oxygens (including phenoxy) is 4. The van der Waals surface area contributed by atoms with E-state index in [1.165, 1.54) is 0 Å². The number of aliphatic hydroxyl groups excluding tert-OH is 6. The Morgan fingerprint density at radius 3 is 2.16 bits per heavy atom. The van der Waals surface area contributed by atoms with Crippen LogP contribution in [-0.2, 0) is 30.3 Å². The molecule has 2 fully saturated rings. The summed E-state index contributed by atoms with van der Waals surface area (Å²) in [5.41, 5.74) is 0.759. The Bertz CT molecular complexity index is 717. The molecule has 10 atom stereocenters. The summed E-state index contributed by atoms with van der Waals surface area (Å²) in [5, 5.41) is 69.5. The monoisotopic (exact) mass is 446 g/mol. The van der Waals surface area contributed by atoms with Crippen LogP contribution in [0.15, 0.2) is 30.3 Å². The van der Waals surface area contributed by atoms with Crippen molar-refractivity contribution < 1.29 is 59.5 Å². The van der Waals surface area contributed by atoms with Crippen molar-refractivity contribution in [2.24, 2.45) is 0 Å². The Balaban J connectivity index is 1.73. The highest BCUT2D eigenvalue weighted by atomic mass is 16.7. The predicted molar refractivity (Wildman–Crippen MR) is 98.2 cm³/mol. The lowest BCUT2D eigenvalue weighted by atomic mass is 9.97. The number of hydrogen-bond donors (Lipinski definition) is 7. The van der Waals surface area contributed by atoms with Crippen LogP contribution in [0.25, 0.3) is 0 Å². The summed E-state index contributed by atoms with van der Waals surface area (Å²) in [6, 6.07) is 8.91. The minimum Gasteiger partial charge on any atom is -0.479 e. The van der Waals surface area contributed by atoms with Crippen LogP contribution in [0, 0.1) is 0 Å². The number of carboxylic acid groups (broad SMARTS) is 1. The second kappa shape index (κ2) is 10.3. The first-order valence-corrected chi connectivity index (χ1v) is 9.60. The van der Waals surface area contributed by atoms with Crippen molar-refractivity contribution in [1.29, 1.82) is 0 Å². The van der Waals surface area contributed by atoms with E-state index in [4.69, 9.17) is 24.1 Å². The molecule has 12 nitrogen and oxygen atoms in total. The zero-order chi connectivity index (χ0) is 22.7. The quantitative estimate of drug-likeness (QED) is 0.223. The summed E-state index contributed by atoms with van der Waals surface area (Å²) in [6.07, 6.45) is -16.9. The van der Waals surface area contributed by atoms with Crippen LogP contribution in [-0.4, -0.2) is 110 Å². The van der Waals surface area contributed by atoms with Crippen molar-refractivity contribution in [2.75, 3.05) is 6.61 Å². The van der Waals surface area contributed by atoms with E-state index in [9.17, 15) is 35.4 Å². The SMILES string of the molecule is O=C(O)[C@@H]1O[C@@H](O[C@@H]2[C@H](O)[C@H](OCc3ccccc3)O[C@@H](CO)[C@@H]2O)[C@@H](O)[C@H](O)[C@H]1O. The highest BCUT2D eigenvalue weighted by molar-refractivity contribution is 5.73. The molecule has 0 aromatic heterocycles. The summed E-state index contributed by atoms with van der Waals surface area (Å²) in [5.74, 6) is -1.61. The molecule has 2 aliphatic rings. The summed E-state index contributed by atoms with van der Waals surface area (Å²) in [7, 11) is 0. The van der Waals surface area contributed by atoms with Gasteiger partial charge in [-0.1, -0.05) is 30.3 Å². The largest absolute Gasteiger partial charge is 0.479 e. The highest BCUT2D eigenvalue weighted by Gasteiger charge is 2.52. The lowest BCUT2D eigenvalue weighted by Crippen LogP contribution is -2.65. The number of aliphatic hydroxyl groups is 6. The Morgan fingerprint density at radius 1 is 0.871 bits per heavy atom. The van der Waals surface area contributed by atoms with Gasteiger partial charge in [-0.05, 0) is 5.56 Å². The summed E-state index contributed by atoms with van der Waals surface area (Å²) < 4.78 is 21.4. The van der Waals surface area contributed by atoms with E-state index in [-0.39, 0.29) is 6.61 Å². The van der Waals surface area contributed by atoms with Gasteiger partial charge in [0.15, 0.2) is 18.7 Å². The minimum atomic E-state index is -1.93. The zero-order valence-corrected chi connectivity index (χ0v) is 16.2. The molecule has 2 saturated heterocycles. The smallest absolute Gasteiger partial charge is 0.335 e. The summed E-state index contributed by atoms with van der Waals surface area (Å²) in [4.78, 5) is 11.2. The first kappa shape index (κ1) is 23.9. The van der Waals surface area contributed by atoms with Crippen molar-refractivity contribution in [3.8, 4) is 0 Å². The van der Waals surface area contributed by atoms with Crippen LogP contribution in [0.2, 0.25) is 0 Å². The van der Waals surface area contributed by atoms with E-state index in [1.807, 2.05) is 6.07 Å². The van der Waals surface area contributed by atoms with E-state index < -0.39 is 74.0 Å². The molecule has 2 heterocycles. The van der Waals surface area contributed by atoms with Gasteiger partial charge in [-0.2, -0.15) is 0 Å². The molecule has 0 aliphatic carbocycles. The fourth-order valence-corrected chi connectivity index (χ4v) is 3.42. The lowest BCUT2D eigenvalue weighted by molar-refractivity contribution is -0.357. The van der Waals surface area contributed by atoms with Crippen LogP contribution in [0.1, 0.15) is 5.56 Å². The first-order chi connectivity index (χ1) is 14.7. The number of aliphatic carboxylic acids is 1. The van der Waals surface area contributed by atoms with Gasteiger partial charge in [0.25, 0.3) is 0 Å². The van der Waals surface area contributed by atoms with Crippen molar-refractivity contribution in [1.82, 2.24) is 0 Å². The topological polar surface area (TPSA) is 196 Å². The molecule has 31 heavy (non-hydrogen) atoms. The van der Waals surface area contributed by atoms with E-state index in [0.29, 0.717) is 0 Å². The molecule has 0 unspecified atom stereocenters. The van der Waals surface area contributed by atoms with Crippen LogP contribution < -0.4 is 0 Å². The number of rotatable bonds is 7. The third kappa shape index (κ3) is 5.21. The average molecular weight is 446 g/mol. The molecular formula is C19H26O12. The third-order valence-corrected chi connectivity index (χ3v) is 5.18. The van der Waals surface area contributed by atoms with E-state index in [2.05, 4.69) is 0 Å². The third-order valence-electron chi connectivity index (χ3n) is 5.18. The maximum absolute atomic E-state index is 11.2. The fourth-order valence-electron chi connectivity index (χ4n) is 3.42. The second-order valence-corrected chi connectivity index (χ2v) is 7.34.